The molecular weight excluding hydrogens is 360 g/mol. The van der Waals surface area contributed by atoms with Gasteiger partial charge in [0.05, 0.1) is 4.90 Å². The molecule has 1 amide bonds. The zero-order valence-corrected chi connectivity index (χ0v) is 17.4. The van der Waals surface area contributed by atoms with Crippen LogP contribution >= 0.6 is 0 Å². The molecule has 1 N–H and O–H groups in total. The monoisotopic (exact) mass is 388 g/mol. The second-order valence-electron chi connectivity index (χ2n) is 7.17. The third-order valence-electron chi connectivity index (χ3n) is 4.55. The first-order valence-corrected chi connectivity index (χ1v) is 10.5. The van der Waals surface area contributed by atoms with Crippen molar-refractivity contribution in [3.63, 3.8) is 0 Å². The number of aryl methyl sites for hydroxylation is 1. The Balaban J connectivity index is 2.04. The highest BCUT2D eigenvalue weighted by Gasteiger charge is 2.21. The summed E-state index contributed by atoms with van der Waals surface area (Å²) in [7, 11) is -0.628. The quantitative estimate of drug-likeness (QED) is 0.791. The number of carbonyl (C=O) groups excluding carboxylic acids is 1. The fraction of sp³-hybridized carbons (Fsp3) is 0.381. The second-order valence-corrected chi connectivity index (χ2v) is 9.29. The number of hydrogen-bond donors (Lipinski definition) is 1. The summed E-state index contributed by atoms with van der Waals surface area (Å²) in [5.41, 5.74) is 3.40. The van der Waals surface area contributed by atoms with Gasteiger partial charge in [-0.1, -0.05) is 44.2 Å². The molecule has 146 valence electrons. The van der Waals surface area contributed by atoms with Gasteiger partial charge in [-0.2, -0.15) is 0 Å². The van der Waals surface area contributed by atoms with Gasteiger partial charge in [0.1, 0.15) is 0 Å². The van der Waals surface area contributed by atoms with E-state index < -0.39 is 10.0 Å². The van der Waals surface area contributed by atoms with E-state index in [1.807, 2.05) is 0 Å². The minimum absolute atomic E-state index is 0.157. The van der Waals surface area contributed by atoms with Crippen LogP contribution in [-0.4, -0.2) is 39.3 Å². The summed E-state index contributed by atoms with van der Waals surface area (Å²) in [5, 5.41) is 2.86. The molecule has 0 aromatic heterocycles. The van der Waals surface area contributed by atoms with E-state index in [0.717, 1.165) is 16.3 Å². The van der Waals surface area contributed by atoms with E-state index in [0.29, 0.717) is 23.6 Å². The number of benzene rings is 2. The Morgan fingerprint density at radius 2 is 1.70 bits per heavy atom. The van der Waals surface area contributed by atoms with Gasteiger partial charge in [0.15, 0.2) is 0 Å². The van der Waals surface area contributed by atoms with Gasteiger partial charge in [0.25, 0.3) is 5.91 Å². The van der Waals surface area contributed by atoms with Crippen molar-refractivity contribution in [2.24, 2.45) is 0 Å². The zero-order valence-electron chi connectivity index (χ0n) is 16.6. The topological polar surface area (TPSA) is 66.5 Å². The lowest BCUT2D eigenvalue weighted by Gasteiger charge is -2.14. The van der Waals surface area contributed by atoms with Crippen molar-refractivity contribution in [3.05, 3.63) is 64.7 Å². The minimum Gasteiger partial charge on any atom is -0.352 e. The summed E-state index contributed by atoms with van der Waals surface area (Å²) in [6.45, 7) is 6.52. The minimum atomic E-state index is -3.58. The smallest absolute Gasteiger partial charge is 0.251 e. The fourth-order valence-corrected chi connectivity index (χ4v) is 3.85. The van der Waals surface area contributed by atoms with Gasteiger partial charge in [-0.25, -0.2) is 12.7 Å². The molecule has 0 radical (unpaired) electrons. The van der Waals surface area contributed by atoms with Crippen molar-refractivity contribution in [2.45, 2.75) is 38.0 Å². The highest BCUT2D eigenvalue weighted by atomic mass is 32.2. The molecule has 27 heavy (non-hydrogen) atoms. The molecule has 5 nitrogen and oxygen atoms in total. The summed E-state index contributed by atoms with van der Waals surface area (Å²) < 4.78 is 25.9. The van der Waals surface area contributed by atoms with Crippen LogP contribution in [0.25, 0.3) is 0 Å². The van der Waals surface area contributed by atoms with Crippen LogP contribution in [0, 0.1) is 6.92 Å². The largest absolute Gasteiger partial charge is 0.352 e. The number of hydrogen-bond acceptors (Lipinski definition) is 3. The van der Waals surface area contributed by atoms with Crippen LogP contribution in [0.2, 0.25) is 0 Å². The van der Waals surface area contributed by atoms with Gasteiger partial charge in [-0.3, -0.25) is 4.79 Å². The number of rotatable bonds is 7. The zero-order chi connectivity index (χ0) is 20.2. The maximum Gasteiger partial charge on any atom is 0.251 e. The molecule has 0 saturated heterocycles. The summed E-state index contributed by atoms with van der Waals surface area (Å²) in [4.78, 5) is 12.6. The molecule has 0 fully saturated rings. The molecule has 0 aliphatic rings. The lowest BCUT2D eigenvalue weighted by Crippen LogP contribution is -2.27. The van der Waals surface area contributed by atoms with Crippen LogP contribution in [0.3, 0.4) is 0 Å². The maximum absolute atomic E-state index is 12.4. The van der Waals surface area contributed by atoms with Crippen LogP contribution in [-0.2, 0) is 16.4 Å². The van der Waals surface area contributed by atoms with Gasteiger partial charge in [0, 0.05) is 26.2 Å². The predicted octanol–water partition coefficient (Wildman–Crippen LogP) is 3.34. The van der Waals surface area contributed by atoms with E-state index in [9.17, 15) is 13.2 Å². The molecule has 2 rings (SSSR count). The van der Waals surface area contributed by atoms with E-state index in [1.165, 1.54) is 25.7 Å². The van der Waals surface area contributed by atoms with Crippen LogP contribution in [0.5, 0.6) is 0 Å². The Bertz CT molecular complexity index is 902. The normalized spacial score (nSPS) is 11.8. The number of sulfonamides is 1. The van der Waals surface area contributed by atoms with Gasteiger partial charge in [-0.05, 0) is 48.1 Å². The van der Waals surface area contributed by atoms with E-state index in [1.54, 1.807) is 19.1 Å². The third-order valence-corrected chi connectivity index (χ3v) is 6.51. The number of nitrogens with one attached hydrogen (secondary N) is 1. The Labute approximate surface area is 162 Å². The first-order chi connectivity index (χ1) is 12.6. The fourth-order valence-electron chi connectivity index (χ4n) is 2.71. The van der Waals surface area contributed by atoms with E-state index >= 15 is 0 Å². The van der Waals surface area contributed by atoms with Crippen molar-refractivity contribution < 1.29 is 13.2 Å². The highest BCUT2D eigenvalue weighted by molar-refractivity contribution is 7.89. The summed E-state index contributed by atoms with van der Waals surface area (Å²) in [5.74, 6) is 0.219. The average molecular weight is 389 g/mol. The van der Waals surface area contributed by atoms with Crippen molar-refractivity contribution in [1.29, 1.82) is 0 Å². The number of nitrogens with zero attached hydrogens (tertiary/aromatic N) is 1. The molecule has 0 unspecified atom stereocenters. The van der Waals surface area contributed by atoms with E-state index in [2.05, 4.69) is 43.4 Å². The van der Waals surface area contributed by atoms with E-state index in [4.69, 9.17) is 0 Å². The third kappa shape index (κ3) is 5.17. The maximum atomic E-state index is 12.4. The van der Waals surface area contributed by atoms with Crippen molar-refractivity contribution in [1.82, 2.24) is 9.62 Å². The number of carbonyl (C=O) groups is 1. The van der Waals surface area contributed by atoms with Crippen LogP contribution in [0.1, 0.15) is 46.8 Å². The van der Waals surface area contributed by atoms with Crippen molar-refractivity contribution >= 4 is 15.9 Å². The molecule has 0 bridgehead atoms. The standard InChI is InChI=1S/C21H28N2O3S/c1-15(2)18-10-7-17(8-11-18)12-13-22-21(24)19-9-6-16(3)20(14-19)27(25,26)23(4)5/h6-11,14-15H,12-13H2,1-5H3,(H,22,24). The lowest BCUT2D eigenvalue weighted by atomic mass is 10.0. The molecule has 0 atom stereocenters. The van der Waals surface area contributed by atoms with Crippen LogP contribution < -0.4 is 5.32 Å². The summed E-state index contributed by atoms with van der Waals surface area (Å²) >= 11 is 0. The van der Waals surface area contributed by atoms with Gasteiger partial charge in [0.2, 0.25) is 10.0 Å². The first kappa shape index (κ1) is 21.1. The van der Waals surface area contributed by atoms with Gasteiger partial charge in [-0.15, -0.1) is 0 Å². The molecule has 6 heteroatoms. The average Bonchev–Trinajstić information content (AvgIpc) is 2.62. The molecule has 2 aromatic rings. The summed E-state index contributed by atoms with van der Waals surface area (Å²) in [6, 6.07) is 13.1. The van der Waals surface area contributed by atoms with Gasteiger partial charge >= 0.3 is 0 Å². The molecular formula is C21H28N2O3S. The molecule has 0 heterocycles. The van der Waals surface area contributed by atoms with E-state index in [-0.39, 0.29) is 10.8 Å². The van der Waals surface area contributed by atoms with Crippen LogP contribution in [0.4, 0.5) is 0 Å². The van der Waals surface area contributed by atoms with Crippen LogP contribution in [0.15, 0.2) is 47.4 Å². The summed E-state index contributed by atoms with van der Waals surface area (Å²) in [6.07, 6.45) is 0.721. The molecule has 0 aliphatic heterocycles. The van der Waals surface area contributed by atoms with Crippen molar-refractivity contribution in [3.8, 4) is 0 Å². The molecule has 0 spiro atoms. The second kappa shape index (κ2) is 8.67. The lowest BCUT2D eigenvalue weighted by molar-refractivity contribution is 0.0954. The molecule has 0 saturated carbocycles. The molecule has 0 aliphatic carbocycles. The number of amides is 1. The molecule has 2 aromatic carbocycles. The highest BCUT2D eigenvalue weighted by Crippen LogP contribution is 2.20. The first-order valence-electron chi connectivity index (χ1n) is 9.03. The Morgan fingerprint density at radius 3 is 2.26 bits per heavy atom. The Kier molecular flexibility index (Phi) is 6.78. The van der Waals surface area contributed by atoms with Crippen molar-refractivity contribution in [2.75, 3.05) is 20.6 Å². The predicted molar refractivity (Wildman–Crippen MR) is 109 cm³/mol. The van der Waals surface area contributed by atoms with Gasteiger partial charge < -0.3 is 5.32 Å². The SMILES string of the molecule is Cc1ccc(C(=O)NCCc2ccc(C(C)C)cc2)cc1S(=O)(=O)N(C)C. The Hall–Kier alpha value is -2.18. The Morgan fingerprint density at radius 1 is 1.07 bits per heavy atom.